The van der Waals surface area contributed by atoms with Crippen LogP contribution in [0.3, 0.4) is 0 Å². The lowest BCUT2D eigenvalue weighted by atomic mass is 9.66. The van der Waals surface area contributed by atoms with Gasteiger partial charge in [-0.05, 0) is 54.7 Å². The molecule has 0 heterocycles. The van der Waals surface area contributed by atoms with Gasteiger partial charge in [-0.1, -0.05) is 55.0 Å². The first kappa shape index (κ1) is 14.7. The molecule has 0 radical (unpaired) electrons. The predicted octanol–water partition coefficient (Wildman–Crippen LogP) is 5.63. The number of rotatable bonds is 2. The van der Waals surface area contributed by atoms with Crippen LogP contribution in [0.1, 0.15) is 56.6 Å². The minimum atomic E-state index is -0.396. The Morgan fingerprint density at radius 1 is 0.950 bits per heavy atom. The number of aliphatic hydroxyl groups is 1. The van der Waals surface area contributed by atoms with Crippen molar-refractivity contribution in [2.75, 3.05) is 0 Å². The van der Waals surface area contributed by atoms with E-state index in [9.17, 15) is 5.11 Å². The highest BCUT2D eigenvalue weighted by Crippen LogP contribution is 2.46. The Kier molecular flexibility index (Phi) is 4.59. The summed E-state index contributed by atoms with van der Waals surface area (Å²) in [6.07, 6.45) is 8.74. The Morgan fingerprint density at radius 3 is 2.45 bits per heavy atom. The number of hydrogen-bond acceptors (Lipinski definition) is 1. The molecular weight excluding hydrogens is 291 g/mol. The van der Waals surface area contributed by atoms with E-state index in [1.807, 2.05) is 12.1 Å². The fraction of sp³-hybridized carbons (Fsp3) is 0.647. The molecule has 0 aromatic heterocycles. The van der Waals surface area contributed by atoms with Crippen molar-refractivity contribution in [3.8, 4) is 0 Å². The molecule has 1 N–H and O–H groups in total. The molecule has 3 rings (SSSR count). The zero-order chi connectivity index (χ0) is 14.1. The van der Waals surface area contributed by atoms with Crippen molar-refractivity contribution >= 4 is 23.2 Å². The highest BCUT2D eigenvalue weighted by molar-refractivity contribution is 6.42. The van der Waals surface area contributed by atoms with Gasteiger partial charge in [-0.15, -0.1) is 0 Å². The van der Waals surface area contributed by atoms with Crippen molar-refractivity contribution in [2.24, 2.45) is 17.8 Å². The maximum absolute atomic E-state index is 10.6. The molecule has 3 heteroatoms. The molecule has 2 saturated carbocycles. The van der Waals surface area contributed by atoms with Gasteiger partial charge >= 0.3 is 0 Å². The van der Waals surface area contributed by atoms with Crippen LogP contribution < -0.4 is 0 Å². The second-order valence-corrected chi connectivity index (χ2v) is 7.31. The summed E-state index contributed by atoms with van der Waals surface area (Å²) in [7, 11) is 0. The molecule has 110 valence electrons. The molecule has 0 amide bonds. The number of hydrogen-bond donors (Lipinski definition) is 1. The predicted molar refractivity (Wildman–Crippen MR) is 84.2 cm³/mol. The Labute approximate surface area is 131 Å². The van der Waals surface area contributed by atoms with Gasteiger partial charge < -0.3 is 5.11 Å². The van der Waals surface area contributed by atoms with Crippen LogP contribution >= 0.6 is 23.2 Å². The summed E-state index contributed by atoms with van der Waals surface area (Å²) in [5.74, 6) is 2.13. The van der Waals surface area contributed by atoms with E-state index in [-0.39, 0.29) is 0 Å². The largest absolute Gasteiger partial charge is 0.388 e. The number of aliphatic hydroxyl groups excluding tert-OH is 1. The minimum absolute atomic E-state index is 0.381. The van der Waals surface area contributed by atoms with E-state index in [0.717, 1.165) is 23.8 Å². The van der Waals surface area contributed by atoms with Gasteiger partial charge in [0.25, 0.3) is 0 Å². The summed E-state index contributed by atoms with van der Waals surface area (Å²) < 4.78 is 0. The summed E-state index contributed by atoms with van der Waals surface area (Å²) in [6.45, 7) is 0. The van der Waals surface area contributed by atoms with Crippen LogP contribution in [0.2, 0.25) is 10.0 Å². The zero-order valence-corrected chi connectivity index (χ0v) is 13.2. The van der Waals surface area contributed by atoms with E-state index >= 15 is 0 Å². The van der Waals surface area contributed by atoms with Gasteiger partial charge in [-0.2, -0.15) is 0 Å². The molecule has 4 unspecified atom stereocenters. The van der Waals surface area contributed by atoms with Gasteiger partial charge in [-0.3, -0.25) is 0 Å². The molecule has 1 aromatic carbocycles. The fourth-order valence-corrected chi connectivity index (χ4v) is 4.47. The van der Waals surface area contributed by atoms with Crippen molar-refractivity contribution in [3.63, 3.8) is 0 Å². The maximum Gasteiger partial charge on any atom is 0.0818 e. The molecule has 1 nitrogen and oxygen atoms in total. The van der Waals surface area contributed by atoms with Gasteiger partial charge in [0.1, 0.15) is 0 Å². The summed E-state index contributed by atoms with van der Waals surface area (Å²) in [5.41, 5.74) is 0.915. The number of halogens is 2. The van der Waals surface area contributed by atoms with Crippen molar-refractivity contribution in [1.29, 1.82) is 0 Å². The van der Waals surface area contributed by atoms with E-state index in [1.165, 1.54) is 38.5 Å². The molecule has 2 aliphatic rings. The lowest BCUT2D eigenvalue weighted by Crippen LogP contribution is -2.30. The van der Waals surface area contributed by atoms with Gasteiger partial charge in [0.15, 0.2) is 0 Å². The molecular formula is C17H22Cl2O. The number of benzene rings is 1. The van der Waals surface area contributed by atoms with Crippen molar-refractivity contribution < 1.29 is 5.11 Å². The summed E-state index contributed by atoms with van der Waals surface area (Å²) in [5, 5.41) is 11.7. The molecule has 2 fully saturated rings. The van der Waals surface area contributed by atoms with Crippen molar-refractivity contribution in [1.82, 2.24) is 0 Å². The molecule has 4 atom stereocenters. The Hall–Kier alpha value is -0.240. The van der Waals surface area contributed by atoms with Gasteiger partial charge in [-0.25, -0.2) is 0 Å². The highest BCUT2D eigenvalue weighted by atomic mass is 35.5. The van der Waals surface area contributed by atoms with Crippen LogP contribution in [0, 0.1) is 17.8 Å². The summed E-state index contributed by atoms with van der Waals surface area (Å²) in [4.78, 5) is 0. The molecule has 1 aromatic rings. The van der Waals surface area contributed by atoms with E-state index in [1.54, 1.807) is 6.07 Å². The molecule has 0 saturated heterocycles. The van der Waals surface area contributed by atoms with Crippen LogP contribution in [-0.2, 0) is 0 Å². The summed E-state index contributed by atoms with van der Waals surface area (Å²) >= 11 is 12.0. The topological polar surface area (TPSA) is 20.2 Å². The first-order valence-electron chi connectivity index (χ1n) is 7.78. The summed E-state index contributed by atoms with van der Waals surface area (Å²) in [6, 6.07) is 5.52. The first-order chi connectivity index (χ1) is 9.65. The van der Waals surface area contributed by atoms with E-state index in [4.69, 9.17) is 23.2 Å². The van der Waals surface area contributed by atoms with Gasteiger partial charge in [0.2, 0.25) is 0 Å². The second-order valence-electron chi connectivity index (χ2n) is 6.50. The lowest BCUT2D eigenvalue weighted by molar-refractivity contribution is 0.0349. The third kappa shape index (κ3) is 3.00. The fourth-order valence-electron chi connectivity index (χ4n) is 4.16. The molecule has 20 heavy (non-hydrogen) atoms. The third-order valence-electron chi connectivity index (χ3n) is 5.31. The van der Waals surface area contributed by atoms with Gasteiger partial charge in [0, 0.05) is 0 Å². The van der Waals surface area contributed by atoms with Crippen LogP contribution in [-0.4, -0.2) is 5.11 Å². The first-order valence-corrected chi connectivity index (χ1v) is 8.53. The standard InChI is InChI=1S/C17H22Cl2O/c18-15-8-7-14(10-16(15)19)17(20)13-6-5-11-3-1-2-4-12(11)9-13/h7-8,10-13,17,20H,1-6,9H2. The molecule has 2 aliphatic carbocycles. The van der Waals surface area contributed by atoms with Crippen molar-refractivity contribution in [2.45, 2.75) is 51.0 Å². The SMILES string of the molecule is OC(c1ccc(Cl)c(Cl)c1)C1CCC2CCCCC2C1. The maximum atomic E-state index is 10.6. The van der Waals surface area contributed by atoms with E-state index < -0.39 is 6.10 Å². The van der Waals surface area contributed by atoms with E-state index in [0.29, 0.717) is 16.0 Å². The lowest BCUT2D eigenvalue weighted by Gasteiger charge is -2.40. The molecule has 0 aliphatic heterocycles. The monoisotopic (exact) mass is 312 g/mol. The van der Waals surface area contributed by atoms with Gasteiger partial charge in [0.05, 0.1) is 16.1 Å². The normalized spacial score (nSPS) is 31.6. The average molecular weight is 313 g/mol. The Balaban J connectivity index is 1.70. The quantitative estimate of drug-likeness (QED) is 0.750. The Morgan fingerprint density at radius 2 is 1.70 bits per heavy atom. The highest BCUT2D eigenvalue weighted by Gasteiger charge is 2.35. The van der Waals surface area contributed by atoms with E-state index in [2.05, 4.69) is 0 Å². The molecule has 0 bridgehead atoms. The Bertz CT molecular complexity index is 474. The van der Waals surface area contributed by atoms with Crippen LogP contribution in [0.15, 0.2) is 18.2 Å². The minimum Gasteiger partial charge on any atom is -0.388 e. The average Bonchev–Trinajstić information content (AvgIpc) is 2.49. The number of fused-ring (bicyclic) bond motifs is 1. The van der Waals surface area contributed by atoms with Crippen LogP contribution in [0.25, 0.3) is 0 Å². The smallest absolute Gasteiger partial charge is 0.0818 e. The van der Waals surface area contributed by atoms with Crippen LogP contribution in [0.4, 0.5) is 0 Å². The zero-order valence-electron chi connectivity index (χ0n) is 11.7. The second kappa shape index (κ2) is 6.25. The third-order valence-corrected chi connectivity index (χ3v) is 6.05. The molecule has 0 spiro atoms. The van der Waals surface area contributed by atoms with Crippen LogP contribution in [0.5, 0.6) is 0 Å². The van der Waals surface area contributed by atoms with Crippen molar-refractivity contribution in [3.05, 3.63) is 33.8 Å².